The summed E-state index contributed by atoms with van der Waals surface area (Å²) in [5.41, 5.74) is 5.93. The Morgan fingerprint density at radius 2 is 1.86 bits per heavy atom. The van der Waals surface area contributed by atoms with Crippen molar-refractivity contribution in [3.05, 3.63) is 54.5 Å². The summed E-state index contributed by atoms with van der Waals surface area (Å²) in [4.78, 5) is 3.97. The number of hydrogen-bond donors (Lipinski definition) is 2. The number of nitrogens with two attached hydrogens (primary N) is 1. The highest BCUT2D eigenvalue weighted by Gasteiger charge is 2.24. The van der Waals surface area contributed by atoms with Crippen molar-refractivity contribution in [2.75, 3.05) is 10.5 Å². The maximum absolute atomic E-state index is 13.6. The van der Waals surface area contributed by atoms with Gasteiger partial charge in [0.15, 0.2) is 5.82 Å². The second-order valence-electron chi connectivity index (χ2n) is 4.32. The monoisotopic (exact) mass is 306 g/mol. The van der Waals surface area contributed by atoms with Gasteiger partial charge in [0.25, 0.3) is 10.0 Å². The van der Waals surface area contributed by atoms with Crippen molar-refractivity contribution >= 4 is 27.2 Å². The van der Waals surface area contributed by atoms with E-state index in [9.17, 15) is 12.8 Å². The van der Waals surface area contributed by atoms with Crippen LogP contribution in [0.15, 0.2) is 53.7 Å². The Labute approximate surface area is 120 Å². The van der Waals surface area contributed by atoms with E-state index in [0.29, 0.717) is 5.65 Å². The fraction of sp³-hybridized carbons (Fsp3) is 0. The topological polar surface area (TPSA) is 89.5 Å². The highest BCUT2D eigenvalue weighted by Crippen LogP contribution is 2.23. The van der Waals surface area contributed by atoms with E-state index in [-0.39, 0.29) is 16.5 Å². The van der Waals surface area contributed by atoms with Crippen LogP contribution in [0.2, 0.25) is 0 Å². The molecule has 21 heavy (non-hydrogen) atoms. The first-order valence-electron chi connectivity index (χ1n) is 5.99. The molecule has 3 aromatic rings. The molecular weight excluding hydrogens is 295 g/mol. The highest BCUT2D eigenvalue weighted by molar-refractivity contribution is 7.92. The van der Waals surface area contributed by atoms with Gasteiger partial charge in [0.1, 0.15) is 11.5 Å². The van der Waals surface area contributed by atoms with Crippen molar-refractivity contribution in [1.82, 2.24) is 9.38 Å². The highest BCUT2D eigenvalue weighted by atomic mass is 32.2. The Morgan fingerprint density at radius 3 is 2.62 bits per heavy atom. The number of para-hydroxylation sites is 1. The normalized spacial score (nSPS) is 11.7. The first-order valence-corrected chi connectivity index (χ1v) is 7.47. The van der Waals surface area contributed by atoms with Crippen LogP contribution < -0.4 is 10.5 Å². The molecule has 8 heteroatoms. The van der Waals surface area contributed by atoms with E-state index in [1.54, 1.807) is 18.2 Å². The average Bonchev–Trinajstić information content (AvgIpc) is 2.77. The van der Waals surface area contributed by atoms with Crippen LogP contribution in [0.3, 0.4) is 0 Å². The SMILES string of the molecule is Nc1nc2ccccn2c1S(=O)(=O)Nc1ccccc1F. The fourth-order valence-electron chi connectivity index (χ4n) is 2.00. The minimum absolute atomic E-state index is 0.148. The predicted molar refractivity (Wildman–Crippen MR) is 76.8 cm³/mol. The molecule has 0 aliphatic heterocycles. The summed E-state index contributed by atoms with van der Waals surface area (Å²) < 4.78 is 42.0. The molecule has 1 aromatic carbocycles. The van der Waals surface area contributed by atoms with Gasteiger partial charge in [0, 0.05) is 6.20 Å². The second-order valence-corrected chi connectivity index (χ2v) is 5.91. The maximum atomic E-state index is 13.6. The summed E-state index contributed by atoms with van der Waals surface area (Å²) >= 11 is 0. The lowest BCUT2D eigenvalue weighted by Crippen LogP contribution is -2.17. The van der Waals surface area contributed by atoms with E-state index in [1.807, 2.05) is 0 Å². The standard InChI is InChI=1S/C13H11FN4O2S/c14-9-5-1-2-6-10(9)17-21(19,20)13-12(15)16-11-7-3-4-8-18(11)13/h1-8,17H,15H2. The van der Waals surface area contributed by atoms with Crippen LogP contribution in [0.25, 0.3) is 5.65 Å². The lowest BCUT2D eigenvalue weighted by atomic mass is 10.3. The van der Waals surface area contributed by atoms with Gasteiger partial charge in [0.05, 0.1) is 5.69 Å². The van der Waals surface area contributed by atoms with Gasteiger partial charge >= 0.3 is 0 Å². The summed E-state index contributed by atoms with van der Waals surface area (Å²) in [6, 6.07) is 10.5. The molecule has 0 spiro atoms. The van der Waals surface area contributed by atoms with Gasteiger partial charge in [-0.25, -0.2) is 9.37 Å². The van der Waals surface area contributed by atoms with Gasteiger partial charge in [-0.3, -0.25) is 9.12 Å². The zero-order chi connectivity index (χ0) is 15.0. The molecule has 0 radical (unpaired) electrons. The summed E-state index contributed by atoms with van der Waals surface area (Å²) in [5.74, 6) is -0.821. The number of benzene rings is 1. The molecule has 0 aliphatic carbocycles. The van der Waals surface area contributed by atoms with E-state index in [0.717, 1.165) is 6.07 Å². The lowest BCUT2D eigenvalue weighted by Gasteiger charge is -2.09. The van der Waals surface area contributed by atoms with Crippen LogP contribution in [-0.4, -0.2) is 17.8 Å². The number of imidazole rings is 1. The van der Waals surface area contributed by atoms with Gasteiger partial charge in [-0.05, 0) is 24.3 Å². The molecule has 0 amide bonds. The third-order valence-electron chi connectivity index (χ3n) is 2.88. The Bertz CT molecular complexity index is 921. The van der Waals surface area contributed by atoms with Crippen molar-refractivity contribution in [3.63, 3.8) is 0 Å². The molecule has 2 aromatic heterocycles. The molecule has 0 fully saturated rings. The van der Waals surface area contributed by atoms with E-state index in [2.05, 4.69) is 9.71 Å². The molecule has 0 aliphatic rings. The number of nitrogens with zero attached hydrogens (tertiary/aromatic N) is 2. The molecular formula is C13H11FN4O2S. The lowest BCUT2D eigenvalue weighted by molar-refractivity contribution is 0.594. The molecule has 0 bridgehead atoms. The smallest absolute Gasteiger partial charge is 0.281 e. The molecule has 108 valence electrons. The van der Waals surface area contributed by atoms with Gasteiger partial charge in [-0.2, -0.15) is 8.42 Å². The molecule has 0 saturated carbocycles. The van der Waals surface area contributed by atoms with Crippen molar-refractivity contribution in [3.8, 4) is 0 Å². The zero-order valence-corrected chi connectivity index (χ0v) is 11.5. The third kappa shape index (κ3) is 2.29. The number of aromatic nitrogens is 2. The van der Waals surface area contributed by atoms with Crippen molar-refractivity contribution in [1.29, 1.82) is 0 Å². The van der Waals surface area contributed by atoms with Gasteiger partial charge in [-0.15, -0.1) is 0 Å². The second kappa shape index (κ2) is 4.74. The van der Waals surface area contributed by atoms with Crippen molar-refractivity contribution in [2.24, 2.45) is 0 Å². The number of fused-ring (bicyclic) bond motifs is 1. The van der Waals surface area contributed by atoms with E-state index in [1.165, 1.54) is 28.8 Å². The minimum atomic E-state index is -4.06. The van der Waals surface area contributed by atoms with Crippen molar-refractivity contribution in [2.45, 2.75) is 5.03 Å². The van der Waals surface area contributed by atoms with Crippen LogP contribution in [0.4, 0.5) is 15.9 Å². The van der Waals surface area contributed by atoms with Gasteiger partial charge in [0.2, 0.25) is 5.03 Å². The Kier molecular flexibility index (Phi) is 3.02. The Balaban J connectivity index is 2.13. The summed E-state index contributed by atoms with van der Waals surface area (Å²) in [5, 5.41) is -0.221. The Morgan fingerprint density at radius 1 is 1.14 bits per heavy atom. The van der Waals surface area contributed by atoms with Crippen LogP contribution in [0.5, 0.6) is 0 Å². The quantitative estimate of drug-likeness (QED) is 0.773. The molecule has 3 N–H and O–H groups in total. The average molecular weight is 306 g/mol. The molecule has 0 atom stereocenters. The molecule has 3 rings (SSSR count). The number of hydrogen-bond acceptors (Lipinski definition) is 4. The molecule has 2 heterocycles. The third-order valence-corrected chi connectivity index (χ3v) is 4.29. The van der Waals surface area contributed by atoms with E-state index in [4.69, 9.17) is 5.73 Å². The number of nitrogens with one attached hydrogen (secondary N) is 1. The molecule has 6 nitrogen and oxygen atoms in total. The first kappa shape index (κ1) is 13.4. The summed E-state index contributed by atoms with van der Waals surface area (Å²) in [6.07, 6.45) is 1.52. The van der Waals surface area contributed by atoms with Crippen LogP contribution in [0, 0.1) is 5.82 Å². The van der Waals surface area contributed by atoms with E-state index >= 15 is 0 Å². The number of nitrogen functional groups attached to an aromatic ring is 1. The zero-order valence-electron chi connectivity index (χ0n) is 10.7. The predicted octanol–water partition coefficient (Wildman–Crippen LogP) is 1.86. The Hall–Kier alpha value is -2.61. The number of sulfonamides is 1. The number of pyridine rings is 1. The molecule has 0 unspecified atom stereocenters. The van der Waals surface area contributed by atoms with Gasteiger partial charge < -0.3 is 5.73 Å². The summed E-state index contributed by atoms with van der Waals surface area (Å²) in [6.45, 7) is 0. The summed E-state index contributed by atoms with van der Waals surface area (Å²) in [7, 11) is -4.06. The first-order chi connectivity index (χ1) is 9.99. The van der Waals surface area contributed by atoms with Gasteiger partial charge in [-0.1, -0.05) is 18.2 Å². The number of anilines is 2. The van der Waals surface area contributed by atoms with Crippen LogP contribution in [-0.2, 0) is 10.0 Å². The number of rotatable bonds is 3. The van der Waals surface area contributed by atoms with E-state index < -0.39 is 15.8 Å². The minimum Gasteiger partial charge on any atom is -0.381 e. The van der Waals surface area contributed by atoms with Crippen LogP contribution in [0.1, 0.15) is 0 Å². The maximum Gasteiger partial charge on any atom is 0.281 e. The number of halogens is 1. The van der Waals surface area contributed by atoms with Crippen molar-refractivity contribution < 1.29 is 12.8 Å². The largest absolute Gasteiger partial charge is 0.381 e. The molecule has 0 saturated heterocycles. The van der Waals surface area contributed by atoms with Crippen LogP contribution >= 0.6 is 0 Å². The fourth-order valence-corrected chi connectivity index (χ4v) is 3.28.